The quantitative estimate of drug-likeness (QED) is 0.803. The molecule has 0 spiro atoms. The van der Waals surface area contributed by atoms with E-state index in [4.69, 9.17) is 10.5 Å². The van der Waals surface area contributed by atoms with Crippen LogP contribution in [0.1, 0.15) is 0 Å². The highest BCUT2D eigenvalue weighted by Gasteiger charge is 2.03. The van der Waals surface area contributed by atoms with Crippen molar-refractivity contribution in [3.8, 4) is 17.1 Å². The molecule has 0 aromatic carbocycles. The van der Waals surface area contributed by atoms with Crippen molar-refractivity contribution in [1.29, 1.82) is 0 Å². The number of hydrogen-bond acceptors (Lipinski definition) is 4. The molecule has 0 radical (unpaired) electrons. The van der Waals surface area contributed by atoms with Gasteiger partial charge in [-0.2, -0.15) is 0 Å². The molecule has 2 N–H and O–H groups in total. The van der Waals surface area contributed by atoms with Gasteiger partial charge in [0.15, 0.2) is 0 Å². The van der Waals surface area contributed by atoms with Crippen LogP contribution in [-0.2, 0) is 0 Å². The van der Waals surface area contributed by atoms with E-state index in [-0.39, 0.29) is 0 Å². The molecule has 4 nitrogen and oxygen atoms in total. The Kier molecular flexibility index (Phi) is 2.49. The van der Waals surface area contributed by atoms with Crippen LogP contribution >= 0.6 is 0 Å². The highest BCUT2D eigenvalue weighted by molar-refractivity contribution is 5.71. The van der Waals surface area contributed by atoms with E-state index in [1.54, 1.807) is 31.6 Å². The molecule has 2 heterocycles. The molecule has 2 aromatic rings. The van der Waals surface area contributed by atoms with Gasteiger partial charge in [0.1, 0.15) is 0 Å². The van der Waals surface area contributed by atoms with Crippen molar-refractivity contribution in [2.24, 2.45) is 0 Å². The molecule has 0 bridgehead atoms. The maximum Gasteiger partial charge on any atom is 0.212 e. The highest BCUT2D eigenvalue weighted by atomic mass is 16.5. The summed E-state index contributed by atoms with van der Waals surface area (Å²) in [5, 5.41) is 0. The van der Waals surface area contributed by atoms with Crippen LogP contribution in [0.15, 0.2) is 36.7 Å². The van der Waals surface area contributed by atoms with Crippen molar-refractivity contribution in [1.82, 2.24) is 9.97 Å². The van der Waals surface area contributed by atoms with Gasteiger partial charge in [-0.1, -0.05) is 0 Å². The van der Waals surface area contributed by atoms with Gasteiger partial charge >= 0.3 is 0 Å². The van der Waals surface area contributed by atoms with Crippen molar-refractivity contribution in [2.75, 3.05) is 12.8 Å². The molecule has 0 atom stereocenters. The van der Waals surface area contributed by atoms with Crippen LogP contribution in [0, 0.1) is 0 Å². The summed E-state index contributed by atoms with van der Waals surface area (Å²) in [5.74, 6) is 0.577. The molecule has 4 heteroatoms. The summed E-state index contributed by atoms with van der Waals surface area (Å²) in [4.78, 5) is 8.30. The Morgan fingerprint density at radius 1 is 1.20 bits per heavy atom. The molecular formula is C11H11N3O. The largest absolute Gasteiger partial charge is 0.481 e. The minimum absolute atomic E-state index is 0.577. The average molecular weight is 201 g/mol. The lowest BCUT2D eigenvalue weighted by atomic mass is 10.1. The molecule has 0 saturated carbocycles. The third-order valence-electron chi connectivity index (χ3n) is 2.06. The lowest BCUT2D eigenvalue weighted by molar-refractivity contribution is 0.398. The molecule has 0 fully saturated rings. The second kappa shape index (κ2) is 3.96. The van der Waals surface area contributed by atoms with Crippen LogP contribution in [0.25, 0.3) is 11.3 Å². The monoisotopic (exact) mass is 201 g/mol. The second-order valence-corrected chi connectivity index (χ2v) is 3.03. The zero-order valence-electron chi connectivity index (χ0n) is 8.34. The Bertz CT molecular complexity index is 454. The van der Waals surface area contributed by atoms with Crippen molar-refractivity contribution in [2.45, 2.75) is 0 Å². The van der Waals surface area contributed by atoms with E-state index in [9.17, 15) is 0 Å². The third-order valence-corrected chi connectivity index (χ3v) is 2.06. The predicted octanol–water partition coefficient (Wildman–Crippen LogP) is 1.73. The maximum absolute atomic E-state index is 5.80. The third kappa shape index (κ3) is 1.88. The van der Waals surface area contributed by atoms with Crippen molar-refractivity contribution >= 4 is 5.69 Å². The standard InChI is InChI=1S/C11H11N3O/c1-15-10-5-4-8(7-14-10)11-9(12)3-2-6-13-11/h2-7H,12H2,1H3. The number of anilines is 1. The molecule has 0 unspecified atom stereocenters. The number of methoxy groups -OCH3 is 1. The van der Waals surface area contributed by atoms with Crippen molar-refractivity contribution in [3.63, 3.8) is 0 Å². The predicted molar refractivity (Wildman–Crippen MR) is 58.4 cm³/mol. The zero-order valence-corrected chi connectivity index (χ0v) is 8.34. The highest BCUT2D eigenvalue weighted by Crippen LogP contribution is 2.22. The SMILES string of the molecule is COc1ccc(-c2ncccc2N)cn1. The molecule has 0 amide bonds. The number of ether oxygens (including phenoxy) is 1. The summed E-state index contributed by atoms with van der Waals surface area (Å²) >= 11 is 0. The first-order chi connectivity index (χ1) is 7.31. The molecule has 2 rings (SSSR count). The van der Waals surface area contributed by atoms with Gasteiger partial charge in [0.25, 0.3) is 0 Å². The van der Waals surface area contributed by atoms with Crippen LogP contribution in [0.5, 0.6) is 5.88 Å². The van der Waals surface area contributed by atoms with Gasteiger partial charge in [-0.25, -0.2) is 4.98 Å². The molecule has 0 aliphatic heterocycles. The summed E-state index contributed by atoms with van der Waals surface area (Å²) in [6.07, 6.45) is 3.40. The van der Waals surface area contributed by atoms with Crippen LogP contribution in [0.4, 0.5) is 5.69 Å². The van der Waals surface area contributed by atoms with Gasteiger partial charge in [-0.05, 0) is 18.2 Å². The van der Waals surface area contributed by atoms with Crippen LogP contribution < -0.4 is 10.5 Å². The van der Waals surface area contributed by atoms with E-state index in [0.717, 1.165) is 11.3 Å². The number of pyridine rings is 2. The van der Waals surface area contributed by atoms with Crippen molar-refractivity contribution in [3.05, 3.63) is 36.7 Å². The Hall–Kier alpha value is -2.10. The summed E-state index contributed by atoms with van der Waals surface area (Å²) in [6, 6.07) is 7.27. The van der Waals surface area contributed by atoms with Gasteiger partial charge < -0.3 is 10.5 Å². The van der Waals surface area contributed by atoms with Crippen molar-refractivity contribution < 1.29 is 4.74 Å². The Morgan fingerprint density at radius 3 is 2.67 bits per heavy atom. The first-order valence-corrected chi connectivity index (χ1v) is 4.52. The average Bonchev–Trinajstić information content (AvgIpc) is 2.30. The Balaban J connectivity index is 2.42. The Labute approximate surface area is 87.7 Å². The minimum atomic E-state index is 0.577. The summed E-state index contributed by atoms with van der Waals surface area (Å²) in [6.45, 7) is 0. The molecule has 76 valence electrons. The molecule has 0 aliphatic rings. The number of nitrogens with two attached hydrogens (primary N) is 1. The number of rotatable bonds is 2. The lowest BCUT2D eigenvalue weighted by Crippen LogP contribution is -1.93. The number of aromatic nitrogens is 2. The van der Waals surface area contributed by atoms with E-state index < -0.39 is 0 Å². The maximum atomic E-state index is 5.80. The van der Waals surface area contributed by atoms with Gasteiger partial charge in [-0.3, -0.25) is 4.98 Å². The smallest absolute Gasteiger partial charge is 0.212 e. The van der Waals surface area contributed by atoms with E-state index in [1.165, 1.54) is 0 Å². The Morgan fingerprint density at radius 2 is 2.07 bits per heavy atom. The minimum Gasteiger partial charge on any atom is -0.481 e. The molecular weight excluding hydrogens is 190 g/mol. The molecule has 15 heavy (non-hydrogen) atoms. The first-order valence-electron chi connectivity index (χ1n) is 4.52. The topological polar surface area (TPSA) is 61.0 Å². The fourth-order valence-electron chi connectivity index (χ4n) is 1.30. The van der Waals surface area contributed by atoms with E-state index in [0.29, 0.717) is 11.6 Å². The number of nitrogens with zero attached hydrogens (tertiary/aromatic N) is 2. The zero-order chi connectivity index (χ0) is 10.7. The lowest BCUT2D eigenvalue weighted by Gasteiger charge is -2.04. The van der Waals surface area contributed by atoms with Gasteiger partial charge in [0, 0.05) is 24.0 Å². The number of hydrogen-bond donors (Lipinski definition) is 1. The van der Waals surface area contributed by atoms with Gasteiger partial charge in [-0.15, -0.1) is 0 Å². The van der Waals surface area contributed by atoms with Gasteiger partial charge in [0.2, 0.25) is 5.88 Å². The van der Waals surface area contributed by atoms with E-state index in [2.05, 4.69) is 9.97 Å². The van der Waals surface area contributed by atoms with Crippen LogP contribution in [-0.4, -0.2) is 17.1 Å². The normalized spacial score (nSPS) is 9.93. The second-order valence-electron chi connectivity index (χ2n) is 3.03. The first kappa shape index (κ1) is 9.45. The van der Waals surface area contributed by atoms with Crippen LogP contribution in [0.3, 0.4) is 0 Å². The number of nitrogen functional groups attached to an aromatic ring is 1. The fourth-order valence-corrected chi connectivity index (χ4v) is 1.30. The summed E-state index contributed by atoms with van der Waals surface area (Å²) < 4.78 is 4.97. The molecule has 2 aromatic heterocycles. The summed E-state index contributed by atoms with van der Waals surface area (Å²) in [5.41, 5.74) is 8.07. The van der Waals surface area contributed by atoms with Crippen LogP contribution in [0.2, 0.25) is 0 Å². The molecule has 0 saturated heterocycles. The van der Waals surface area contributed by atoms with E-state index in [1.807, 2.05) is 12.1 Å². The van der Waals surface area contributed by atoms with Gasteiger partial charge in [0.05, 0.1) is 18.5 Å². The summed E-state index contributed by atoms with van der Waals surface area (Å²) in [7, 11) is 1.58. The fraction of sp³-hybridized carbons (Fsp3) is 0.0909. The molecule has 0 aliphatic carbocycles. The van der Waals surface area contributed by atoms with E-state index >= 15 is 0 Å².